The SMILES string of the molecule is CC(COc1ccccc1)N1CCC2(CC1)Nc1ccccc1NC2=O. The van der Waals surface area contributed by atoms with Crippen molar-refractivity contribution >= 4 is 17.3 Å². The van der Waals surface area contributed by atoms with Crippen LogP contribution in [0.2, 0.25) is 0 Å². The maximum absolute atomic E-state index is 12.7. The van der Waals surface area contributed by atoms with Gasteiger partial charge in [0, 0.05) is 19.1 Å². The molecular formula is C21H25N3O2. The molecule has 1 spiro atoms. The van der Waals surface area contributed by atoms with E-state index in [1.54, 1.807) is 0 Å². The lowest BCUT2D eigenvalue weighted by Crippen LogP contribution is -2.59. The molecule has 5 heteroatoms. The third kappa shape index (κ3) is 3.27. The zero-order valence-electron chi connectivity index (χ0n) is 15.1. The third-order valence-corrected chi connectivity index (χ3v) is 5.49. The minimum absolute atomic E-state index is 0.0871. The van der Waals surface area contributed by atoms with Crippen LogP contribution < -0.4 is 15.4 Å². The number of piperidine rings is 1. The summed E-state index contributed by atoms with van der Waals surface area (Å²) in [6, 6.07) is 18.1. The summed E-state index contributed by atoms with van der Waals surface area (Å²) in [5.41, 5.74) is 1.39. The average Bonchev–Trinajstić information content (AvgIpc) is 2.68. The fourth-order valence-corrected chi connectivity index (χ4v) is 3.80. The summed E-state index contributed by atoms with van der Waals surface area (Å²) in [4.78, 5) is 15.1. The van der Waals surface area contributed by atoms with Crippen LogP contribution in [0, 0.1) is 0 Å². The molecule has 4 rings (SSSR count). The summed E-state index contributed by atoms with van der Waals surface area (Å²) in [5.74, 6) is 0.988. The number of rotatable bonds is 4. The normalized spacial score (nSPS) is 20.0. The molecule has 2 aliphatic rings. The van der Waals surface area contributed by atoms with Gasteiger partial charge in [0.1, 0.15) is 17.9 Å². The number of carbonyl (C=O) groups is 1. The number of carbonyl (C=O) groups excluding carboxylic acids is 1. The number of amides is 1. The van der Waals surface area contributed by atoms with Crippen LogP contribution in [0.4, 0.5) is 11.4 Å². The molecule has 0 bridgehead atoms. The van der Waals surface area contributed by atoms with Crippen molar-refractivity contribution < 1.29 is 9.53 Å². The van der Waals surface area contributed by atoms with Gasteiger partial charge in [-0.05, 0) is 44.0 Å². The number of hydrogen-bond acceptors (Lipinski definition) is 4. The van der Waals surface area contributed by atoms with Gasteiger partial charge in [0.25, 0.3) is 0 Å². The van der Waals surface area contributed by atoms with E-state index in [9.17, 15) is 4.79 Å². The number of anilines is 2. The van der Waals surface area contributed by atoms with Gasteiger partial charge >= 0.3 is 0 Å². The summed E-state index contributed by atoms with van der Waals surface area (Å²) >= 11 is 0. The summed E-state index contributed by atoms with van der Waals surface area (Å²) in [6.45, 7) is 4.59. The molecule has 1 atom stereocenters. The molecule has 136 valence electrons. The number of fused-ring (bicyclic) bond motifs is 1. The number of hydrogen-bond donors (Lipinski definition) is 2. The second kappa shape index (κ2) is 7.00. The molecule has 0 radical (unpaired) electrons. The number of likely N-dealkylation sites (tertiary alicyclic amines) is 1. The summed E-state index contributed by atoms with van der Waals surface area (Å²) in [6.07, 6.45) is 1.59. The molecule has 26 heavy (non-hydrogen) atoms. The molecule has 1 unspecified atom stereocenters. The zero-order chi connectivity index (χ0) is 18.0. The molecular weight excluding hydrogens is 326 g/mol. The van der Waals surface area contributed by atoms with Gasteiger partial charge in [-0.25, -0.2) is 0 Å². The largest absolute Gasteiger partial charge is 0.492 e. The highest BCUT2D eigenvalue weighted by Gasteiger charge is 2.44. The number of nitrogens with zero attached hydrogens (tertiary/aromatic N) is 1. The molecule has 1 amide bonds. The lowest BCUT2D eigenvalue weighted by Gasteiger charge is -2.45. The molecule has 2 heterocycles. The van der Waals surface area contributed by atoms with E-state index in [1.807, 2.05) is 54.6 Å². The smallest absolute Gasteiger partial charge is 0.250 e. The Balaban J connectivity index is 1.36. The van der Waals surface area contributed by atoms with Gasteiger partial charge in [0.05, 0.1) is 11.4 Å². The van der Waals surface area contributed by atoms with E-state index in [0.717, 1.165) is 43.1 Å². The van der Waals surface area contributed by atoms with Crippen molar-refractivity contribution in [2.75, 3.05) is 30.3 Å². The second-order valence-corrected chi connectivity index (χ2v) is 7.22. The van der Waals surface area contributed by atoms with Crippen LogP contribution >= 0.6 is 0 Å². The van der Waals surface area contributed by atoms with Gasteiger partial charge in [-0.2, -0.15) is 0 Å². The zero-order valence-corrected chi connectivity index (χ0v) is 15.1. The quantitative estimate of drug-likeness (QED) is 0.887. The minimum atomic E-state index is -0.495. The van der Waals surface area contributed by atoms with E-state index < -0.39 is 5.54 Å². The Hall–Kier alpha value is -2.53. The van der Waals surface area contributed by atoms with Crippen molar-refractivity contribution in [3.8, 4) is 5.75 Å². The van der Waals surface area contributed by atoms with Gasteiger partial charge in [-0.3, -0.25) is 9.69 Å². The summed E-state index contributed by atoms with van der Waals surface area (Å²) in [7, 11) is 0. The van der Waals surface area contributed by atoms with Crippen LogP contribution in [0.15, 0.2) is 54.6 Å². The van der Waals surface area contributed by atoms with Crippen molar-refractivity contribution in [2.24, 2.45) is 0 Å². The molecule has 1 fully saturated rings. The Morgan fingerprint density at radius 2 is 1.69 bits per heavy atom. The van der Waals surface area contributed by atoms with E-state index in [-0.39, 0.29) is 5.91 Å². The van der Waals surface area contributed by atoms with E-state index in [0.29, 0.717) is 12.6 Å². The van der Waals surface area contributed by atoms with Crippen LogP contribution in [0.3, 0.4) is 0 Å². The first-order valence-electron chi connectivity index (χ1n) is 9.27. The van der Waals surface area contributed by atoms with Gasteiger partial charge in [0.15, 0.2) is 0 Å². The summed E-state index contributed by atoms with van der Waals surface area (Å²) in [5, 5.41) is 6.58. The monoisotopic (exact) mass is 351 g/mol. The first-order valence-corrected chi connectivity index (χ1v) is 9.27. The van der Waals surface area contributed by atoms with Crippen molar-refractivity contribution in [3.05, 3.63) is 54.6 Å². The van der Waals surface area contributed by atoms with Gasteiger partial charge in [-0.1, -0.05) is 30.3 Å². The van der Waals surface area contributed by atoms with Gasteiger partial charge in [-0.15, -0.1) is 0 Å². The van der Waals surface area contributed by atoms with Crippen molar-refractivity contribution in [1.29, 1.82) is 0 Å². The molecule has 2 aromatic rings. The molecule has 2 aromatic carbocycles. The Morgan fingerprint density at radius 3 is 2.42 bits per heavy atom. The average molecular weight is 351 g/mol. The van der Waals surface area contributed by atoms with E-state index in [4.69, 9.17) is 4.74 Å². The maximum Gasteiger partial charge on any atom is 0.250 e. The highest BCUT2D eigenvalue weighted by atomic mass is 16.5. The highest BCUT2D eigenvalue weighted by molar-refractivity contribution is 6.06. The number of ether oxygens (including phenoxy) is 1. The molecule has 0 aliphatic carbocycles. The van der Waals surface area contributed by atoms with Crippen LogP contribution in [-0.4, -0.2) is 42.1 Å². The predicted molar refractivity (Wildman–Crippen MR) is 104 cm³/mol. The minimum Gasteiger partial charge on any atom is -0.492 e. The lowest BCUT2D eigenvalue weighted by atomic mass is 9.84. The topological polar surface area (TPSA) is 53.6 Å². The first kappa shape index (κ1) is 16.9. The molecule has 0 saturated carbocycles. The lowest BCUT2D eigenvalue weighted by molar-refractivity contribution is -0.122. The maximum atomic E-state index is 12.7. The molecule has 2 N–H and O–H groups in total. The van der Waals surface area contributed by atoms with E-state index >= 15 is 0 Å². The molecule has 0 aromatic heterocycles. The van der Waals surface area contributed by atoms with Crippen LogP contribution in [-0.2, 0) is 4.79 Å². The Morgan fingerprint density at radius 1 is 1.04 bits per heavy atom. The van der Waals surface area contributed by atoms with Gasteiger partial charge in [0.2, 0.25) is 5.91 Å². The Kier molecular flexibility index (Phi) is 4.55. The Bertz CT molecular complexity index is 770. The predicted octanol–water partition coefficient (Wildman–Crippen LogP) is 3.35. The van der Waals surface area contributed by atoms with Crippen LogP contribution in [0.5, 0.6) is 5.75 Å². The first-order chi connectivity index (χ1) is 12.7. The number of benzene rings is 2. The van der Waals surface area contributed by atoms with Crippen molar-refractivity contribution in [2.45, 2.75) is 31.3 Å². The molecule has 2 aliphatic heterocycles. The summed E-state index contributed by atoms with van der Waals surface area (Å²) < 4.78 is 5.89. The Labute approximate surface area is 154 Å². The van der Waals surface area contributed by atoms with Crippen LogP contribution in [0.1, 0.15) is 19.8 Å². The fourth-order valence-electron chi connectivity index (χ4n) is 3.80. The molecule has 1 saturated heterocycles. The van der Waals surface area contributed by atoms with E-state index in [1.165, 1.54) is 0 Å². The second-order valence-electron chi connectivity index (χ2n) is 7.22. The third-order valence-electron chi connectivity index (χ3n) is 5.49. The standard InChI is InChI=1S/C21H25N3O2/c1-16(15-26-17-7-3-2-4-8-17)24-13-11-21(12-14-24)20(25)22-18-9-5-6-10-19(18)23-21/h2-10,16,23H,11-15H2,1H3,(H,22,25). The highest BCUT2D eigenvalue weighted by Crippen LogP contribution is 2.36. The van der Waals surface area contributed by atoms with Crippen molar-refractivity contribution in [1.82, 2.24) is 4.90 Å². The number of para-hydroxylation sites is 3. The number of nitrogens with one attached hydrogen (secondary N) is 2. The van der Waals surface area contributed by atoms with Crippen LogP contribution in [0.25, 0.3) is 0 Å². The fraction of sp³-hybridized carbons (Fsp3) is 0.381. The molecule has 5 nitrogen and oxygen atoms in total. The van der Waals surface area contributed by atoms with Gasteiger partial charge < -0.3 is 15.4 Å². The van der Waals surface area contributed by atoms with E-state index in [2.05, 4.69) is 22.5 Å². The van der Waals surface area contributed by atoms with Crippen molar-refractivity contribution in [3.63, 3.8) is 0 Å².